The lowest BCUT2D eigenvalue weighted by atomic mass is 10.1. The summed E-state index contributed by atoms with van der Waals surface area (Å²) in [7, 11) is 0. The summed E-state index contributed by atoms with van der Waals surface area (Å²) in [6, 6.07) is 2.94. The van der Waals surface area contributed by atoms with Gasteiger partial charge in [0, 0.05) is 0 Å². The van der Waals surface area contributed by atoms with Crippen molar-refractivity contribution in [1.82, 2.24) is 0 Å². The molecule has 4 nitrogen and oxygen atoms in total. The van der Waals surface area contributed by atoms with Gasteiger partial charge >= 0.3 is 5.97 Å². The molecule has 0 saturated carbocycles. The monoisotopic (exact) mass is 281 g/mol. The summed E-state index contributed by atoms with van der Waals surface area (Å²) in [5.41, 5.74) is 5.67. The van der Waals surface area contributed by atoms with Crippen molar-refractivity contribution in [3.63, 3.8) is 0 Å². The molecule has 0 fully saturated rings. The minimum Gasteiger partial charge on any atom is -0.506 e. The summed E-state index contributed by atoms with van der Waals surface area (Å²) in [6.07, 6.45) is 0. The average Bonchev–Trinajstić information content (AvgIpc) is 2.08. The van der Waals surface area contributed by atoms with E-state index in [4.69, 9.17) is 27.5 Å². The fraction of sp³-hybridized carbons (Fsp3) is 0.125. The lowest BCUT2D eigenvalue weighted by Crippen LogP contribution is -2.20. The topological polar surface area (TPSA) is 83.6 Å². The van der Waals surface area contributed by atoms with Gasteiger partial charge in [-0.3, -0.25) is 4.79 Å². The van der Waals surface area contributed by atoms with E-state index in [2.05, 4.69) is 0 Å². The van der Waals surface area contributed by atoms with Crippen molar-refractivity contribution in [2.45, 2.75) is 6.04 Å². The molecule has 1 aromatic carbocycles. The normalized spacial score (nSPS) is 11.6. The Morgan fingerprint density at radius 2 is 2.07 bits per heavy atom. The number of carboxylic acid groups (broad SMARTS) is 1. The van der Waals surface area contributed by atoms with E-state index < -0.39 is 12.0 Å². The number of aliphatic carboxylic acids is 1. The molecule has 1 rings (SSSR count). The Hall–Kier alpha value is -0.780. The molecule has 14 heavy (non-hydrogen) atoms. The Morgan fingerprint density at radius 3 is 2.50 bits per heavy atom. The van der Waals surface area contributed by atoms with E-state index in [1.807, 2.05) is 0 Å². The van der Waals surface area contributed by atoms with Crippen LogP contribution in [0.25, 0.3) is 0 Å². The molecule has 0 aliphatic rings. The van der Waals surface area contributed by atoms with Crippen LogP contribution in [0.2, 0.25) is 5.02 Å². The predicted molar refractivity (Wildman–Crippen MR) is 58.0 cm³/mol. The first-order valence-electron chi connectivity index (χ1n) is 3.49. The van der Waals surface area contributed by atoms with Gasteiger partial charge in [0.25, 0.3) is 0 Å². The van der Waals surface area contributed by atoms with Crippen molar-refractivity contribution in [3.8, 4) is 5.75 Å². The van der Waals surface area contributed by atoms with Crippen LogP contribution in [0.4, 0.5) is 0 Å². The van der Waals surface area contributed by atoms with E-state index in [0.29, 0.717) is 5.56 Å². The molecule has 0 aliphatic carbocycles. The van der Waals surface area contributed by atoms with Crippen molar-refractivity contribution in [2.75, 3.05) is 0 Å². The maximum atomic E-state index is 10.5. The maximum absolute atomic E-state index is 10.5. The van der Waals surface area contributed by atoms with Crippen LogP contribution < -0.4 is 5.73 Å². The van der Waals surface area contributed by atoms with E-state index in [1.165, 1.54) is 18.2 Å². The van der Waals surface area contributed by atoms with Gasteiger partial charge in [-0.1, -0.05) is 17.7 Å². The van der Waals surface area contributed by atoms with Gasteiger partial charge in [-0.15, -0.1) is 17.0 Å². The number of nitrogens with two attached hydrogens (primary N) is 1. The van der Waals surface area contributed by atoms with Crippen molar-refractivity contribution >= 4 is 34.6 Å². The van der Waals surface area contributed by atoms with E-state index in [-0.39, 0.29) is 27.8 Å². The first-order valence-corrected chi connectivity index (χ1v) is 3.87. The Bertz CT molecular complexity index is 345. The number of hydrogen-bond acceptors (Lipinski definition) is 3. The summed E-state index contributed by atoms with van der Waals surface area (Å²) in [4.78, 5) is 10.5. The number of carboxylic acids is 1. The fourth-order valence-corrected chi connectivity index (χ4v) is 1.05. The van der Waals surface area contributed by atoms with Gasteiger partial charge in [0.05, 0.1) is 5.02 Å². The highest BCUT2D eigenvalue weighted by Crippen LogP contribution is 2.25. The Kier molecular flexibility index (Phi) is 4.90. The molecule has 0 aliphatic heterocycles. The molecule has 0 radical (unpaired) electrons. The van der Waals surface area contributed by atoms with Gasteiger partial charge in [-0.2, -0.15) is 0 Å². The first kappa shape index (κ1) is 13.2. The molecule has 78 valence electrons. The van der Waals surface area contributed by atoms with Gasteiger partial charge in [-0.05, 0) is 17.7 Å². The van der Waals surface area contributed by atoms with Gasteiger partial charge in [0.2, 0.25) is 0 Å². The molecule has 1 atom stereocenters. The van der Waals surface area contributed by atoms with Crippen LogP contribution in [0.5, 0.6) is 5.75 Å². The molecule has 0 saturated heterocycles. The van der Waals surface area contributed by atoms with Crippen molar-refractivity contribution in [2.24, 2.45) is 5.73 Å². The Labute approximate surface area is 96.1 Å². The zero-order valence-corrected chi connectivity index (χ0v) is 9.44. The van der Waals surface area contributed by atoms with Crippen molar-refractivity contribution in [3.05, 3.63) is 28.8 Å². The molecule has 0 aromatic heterocycles. The van der Waals surface area contributed by atoms with E-state index in [1.54, 1.807) is 0 Å². The molecular weight excluding hydrogens is 273 g/mol. The standard InChI is InChI=1S/C8H8ClNO3.BrH/c9-5-3-4(1-2-6(5)11)7(10)8(12)13;/h1-3,7,11H,10H2,(H,12,13);1H/t7-;/m0./s1. The molecule has 0 amide bonds. The highest BCUT2D eigenvalue weighted by molar-refractivity contribution is 8.93. The lowest BCUT2D eigenvalue weighted by molar-refractivity contribution is -0.138. The second-order valence-electron chi connectivity index (χ2n) is 2.53. The molecule has 0 unspecified atom stereocenters. The highest BCUT2D eigenvalue weighted by Gasteiger charge is 2.14. The van der Waals surface area contributed by atoms with Gasteiger partial charge in [0.15, 0.2) is 0 Å². The first-order chi connectivity index (χ1) is 6.02. The third-order valence-electron chi connectivity index (χ3n) is 1.60. The molecule has 6 heteroatoms. The summed E-state index contributed by atoms with van der Waals surface area (Å²) in [5.74, 6) is -1.23. The average molecular weight is 283 g/mol. The number of phenolic OH excluding ortho intramolecular Hbond substituents is 1. The summed E-state index contributed by atoms with van der Waals surface area (Å²) < 4.78 is 0. The number of phenols is 1. The maximum Gasteiger partial charge on any atom is 0.325 e. The Balaban J connectivity index is 0.00000169. The fourth-order valence-electron chi connectivity index (χ4n) is 0.859. The van der Waals surface area contributed by atoms with Gasteiger partial charge in [-0.25, -0.2) is 0 Å². The molecule has 4 N–H and O–H groups in total. The molecule has 1 aromatic rings. The van der Waals surface area contributed by atoms with Crippen LogP contribution >= 0.6 is 28.6 Å². The second kappa shape index (κ2) is 5.19. The molecular formula is C8H9BrClNO3. The number of aromatic hydroxyl groups is 1. The largest absolute Gasteiger partial charge is 0.506 e. The van der Waals surface area contributed by atoms with Crippen LogP contribution in [0.1, 0.15) is 11.6 Å². The highest BCUT2D eigenvalue weighted by atomic mass is 79.9. The Morgan fingerprint density at radius 1 is 1.50 bits per heavy atom. The molecule has 0 spiro atoms. The third-order valence-corrected chi connectivity index (χ3v) is 1.90. The van der Waals surface area contributed by atoms with Crippen LogP contribution in [-0.4, -0.2) is 16.2 Å². The zero-order chi connectivity index (χ0) is 10.0. The van der Waals surface area contributed by atoms with Crippen molar-refractivity contribution in [1.29, 1.82) is 0 Å². The van der Waals surface area contributed by atoms with Gasteiger partial charge in [0.1, 0.15) is 11.8 Å². The number of hydrogen-bond donors (Lipinski definition) is 3. The SMILES string of the molecule is Br.N[C@H](C(=O)O)c1ccc(O)c(Cl)c1. The molecule has 0 heterocycles. The van der Waals surface area contributed by atoms with Crippen LogP contribution in [0.15, 0.2) is 18.2 Å². The van der Waals surface area contributed by atoms with Gasteiger partial charge < -0.3 is 15.9 Å². The number of benzene rings is 1. The van der Waals surface area contributed by atoms with E-state index in [9.17, 15) is 4.79 Å². The smallest absolute Gasteiger partial charge is 0.325 e. The second-order valence-corrected chi connectivity index (χ2v) is 2.93. The summed E-state index contributed by atoms with van der Waals surface area (Å²) in [6.45, 7) is 0. The van der Waals surface area contributed by atoms with Crippen LogP contribution in [0, 0.1) is 0 Å². The zero-order valence-electron chi connectivity index (χ0n) is 6.98. The quantitative estimate of drug-likeness (QED) is 0.771. The van der Waals surface area contributed by atoms with Crippen LogP contribution in [0.3, 0.4) is 0 Å². The minimum absolute atomic E-state index is 0. The molecule has 0 bridgehead atoms. The van der Waals surface area contributed by atoms with Crippen molar-refractivity contribution < 1.29 is 15.0 Å². The minimum atomic E-state index is -1.14. The number of halogens is 2. The predicted octanol–water partition coefficient (Wildman–Crippen LogP) is 1.71. The van der Waals surface area contributed by atoms with Crippen LogP contribution in [-0.2, 0) is 4.79 Å². The number of rotatable bonds is 2. The number of carbonyl (C=O) groups is 1. The summed E-state index contributed by atoms with van der Waals surface area (Å²) in [5, 5.41) is 17.7. The lowest BCUT2D eigenvalue weighted by Gasteiger charge is -2.07. The van der Waals surface area contributed by atoms with E-state index >= 15 is 0 Å². The third kappa shape index (κ3) is 2.87. The summed E-state index contributed by atoms with van der Waals surface area (Å²) >= 11 is 5.56. The van der Waals surface area contributed by atoms with E-state index in [0.717, 1.165) is 0 Å².